The molecule has 3 N–H and O–H groups in total. The fourth-order valence-corrected chi connectivity index (χ4v) is 1.45. The molecule has 0 bridgehead atoms. The molecule has 116 valence electrons. The Morgan fingerprint density at radius 2 is 2.05 bits per heavy atom. The van der Waals surface area contributed by atoms with E-state index in [1.54, 1.807) is 7.11 Å². The molecule has 0 radical (unpaired) electrons. The van der Waals surface area contributed by atoms with Crippen LogP contribution < -0.4 is 14.8 Å². The number of para-hydroxylation sites is 2. The molecule has 1 saturated heterocycles. The number of ether oxygens (including phenoxy) is 3. The summed E-state index contributed by atoms with van der Waals surface area (Å²) < 4.78 is 15.6. The number of aliphatic carboxylic acids is 1. The van der Waals surface area contributed by atoms with Crippen LogP contribution in [0.15, 0.2) is 24.3 Å². The van der Waals surface area contributed by atoms with Crippen molar-refractivity contribution in [2.75, 3.05) is 26.9 Å². The number of carboxylic acids is 1. The topological polar surface area (TPSA) is 114 Å². The average Bonchev–Trinajstić information content (AvgIpc) is 2.91. The predicted octanol–water partition coefficient (Wildman–Crippen LogP) is 0.246. The first-order valence-electron chi connectivity index (χ1n) is 6.09. The van der Waals surface area contributed by atoms with Crippen LogP contribution in [0.5, 0.6) is 11.5 Å². The van der Waals surface area contributed by atoms with Crippen LogP contribution in [-0.2, 0) is 9.53 Å². The summed E-state index contributed by atoms with van der Waals surface area (Å²) in [5.41, 5.74) is 0. The van der Waals surface area contributed by atoms with E-state index in [-0.39, 0.29) is 6.10 Å². The number of methoxy groups -OCH3 is 1. The lowest BCUT2D eigenvalue weighted by Gasteiger charge is -2.12. The Morgan fingerprint density at radius 1 is 1.43 bits per heavy atom. The van der Waals surface area contributed by atoms with Gasteiger partial charge in [-0.2, -0.15) is 0 Å². The summed E-state index contributed by atoms with van der Waals surface area (Å²) in [6.07, 6.45) is -0.633. The number of carboxylic acid groups (broad SMARTS) is 1. The minimum absolute atomic E-state index is 0.239. The smallest absolute Gasteiger partial charge is 0.407 e. The number of hydrogen-bond donors (Lipinski definition) is 3. The van der Waals surface area contributed by atoms with Crippen molar-refractivity contribution in [3.63, 3.8) is 0 Å². The Morgan fingerprint density at radius 3 is 2.52 bits per heavy atom. The molecule has 1 unspecified atom stereocenters. The predicted molar refractivity (Wildman–Crippen MR) is 71.5 cm³/mol. The first-order chi connectivity index (χ1) is 10.1. The number of carbonyl (C=O) groups excluding carboxylic acids is 1. The fourth-order valence-electron chi connectivity index (χ4n) is 1.45. The fraction of sp³-hybridized carbons (Fsp3) is 0.385. The number of aliphatic hydroxyl groups is 1. The van der Waals surface area contributed by atoms with E-state index in [0.717, 1.165) is 0 Å². The van der Waals surface area contributed by atoms with Crippen LogP contribution in [0.25, 0.3) is 0 Å². The summed E-state index contributed by atoms with van der Waals surface area (Å²) in [7, 11) is 1.58. The van der Waals surface area contributed by atoms with Gasteiger partial charge < -0.3 is 29.7 Å². The first kappa shape index (κ1) is 16.6. The number of aliphatic hydroxyl groups excluding tert-OH is 1. The number of cyclic esters (lactones) is 1. The molecule has 1 atom stereocenters. The Bertz CT molecular complexity index is 477. The second-order valence-electron chi connectivity index (χ2n) is 3.92. The molecule has 1 heterocycles. The van der Waals surface area contributed by atoms with Gasteiger partial charge in [0.05, 0.1) is 13.7 Å². The lowest BCUT2D eigenvalue weighted by atomic mass is 10.3. The van der Waals surface area contributed by atoms with Crippen molar-refractivity contribution >= 4 is 12.1 Å². The highest BCUT2D eigenvalue weighted by Crippen LogP contribution is 2.26. The Labute approximate surface area is 121 Å². The highest BCUT2D eigenvalue weighted by atomic mass is 16.6. The van der Waals surface area contributed by atoms with Crippen molar-refractivity contribution < 1.29 is 34.0 Å². The monoisotopic (exact) mass is 299 g/mol. The van der Waals surface area contributed by atoms with Gasteiger partial charge >= 0.3 is 12.1 Å². The van der Waals surface area contributed by atoms with Crippen molar-refractivity contribution in [2.24, 2.45) is 0 Å². The second kappa shape index (κ2) is 8.64. The van der Waals surface area contributed by atoms with E-state index in [1.165, 1.54) is 0 Å². The Hall–Kier alpha value is -2.48. The summed E-state index contributed by atoms with van der Waals surface area (Å²) in [5, 5.41) is 17.6. The lowest BCUT2D eigenvalue weighted by molar-refractivity contribution is -0.140. The van der Waals surface area contributed by atoms with Gasteiger partial charge in [-0.25, -0.2) is 9.59 Å². The molecule has 0 saturated carbocycles. The van der Waals surface area contributed by atoms with Crippen molar-refractivity contribution in [1.82, 2.24) is 5.32 Å². The van der Waals surface area contributed by atoms with E-state index >= 15 is 0 Å². The van der Waals surface area contributed by atoms with Crippen molar-refractivity contribution in [3.05, 3.63) is 24.3 Å². The van der Waals surface area contributed by atoms with Crippen LogP contribution in [0.2, 0.25) is 0 Å². The van der Waals surface area contributed by atoms with E-state index in [0.29, 0.717) is 24.7 Å². The first-order valence-corrected chi connectivity index (χ1v) is 6.09. The molecule has 1 amide bonds. The molecule has 21 heavy (non-hydrogen) atoms. The Kier molecular flexibility index (Phi) is 6.82. The molecule has 0 aromatic heterocycles. The summed E-state index contributed by atoms with van der Waals surface area (Å²) in [6.45, 7) is 0.0209. The second-order valence-corrected chi connectivity index (χ2v) is 3.92. The van der Waals surface area contributed by atoms with Crippen LogP contribution in [0.4, 0.5) is 4.79 Å². The molecule has 1 fully saturated rings. The van der Waals surface area contributed by atoms with Gasteiger partial charge in [0.25, 0.3) is 0 Å². The maximum absolute atomic E-state index is 10.8. The SMILES string of the molecule is COc1ccccc1OCC1CNC(=O)O1.O=C(O)CO. The number of benzene rings is 1. The summed E-state index contributed by atoms with van der Waals surface area (Å²) >= 11 is 0. The minimum Gasteiger partial charge on any atom is -0.493 e. The van der Waals surface area contributed by atoms with Gasteiger partial charge in [0.15, 0.2) is 17.6 Å². The van der Waals surface area contributed by atoms with E-state index < -0.39 is 18.7 Å². The van der Waals surface area contributed by atoms with E-state index in [1.807, 2.05) is 24.3 Å². The number of rotatable bonds is 5. The summed E-state index contributed by atoms with van der Waals surface area (Å²) in [6, 6.07) is 7.34. The molecule has 1 aromatic rings. The van der Waals surface area contributed by atoms with Gasteiger partial charge in [-0.3, -0.25) is 0 Å². The molecule has 2 rings (SSSR count). The highest BCUT2D eigenvalue weighted by molar-refractivity contribution is 5.69. The van der Waals surface area contributed by atoms with E-state index in [9.17, 15) is 4.79 Å². The zero-order valence-corrected chi connectivity index (χ0v) is 11.4. The van der Waals surface area contributed by atoms with Crippen LogP contribution in [-0.4, -0.2) is 55.2 Å². The third-order valence-corrected chi connectivity index (χ3v) is 2.38. The van der Waals surface area contributed by atoms with Crippen LogP contribution in [0, 0.1) is 0 Å². The van der Waals surface area contributed by atoms with Gasteiger partial charge in [-0.15, -0.1) is 0 Å². The molecule has 1 aromatic carbocycles. The van der Waals surface area contributed by atoms with Crippen LogP contribution in [0.1, 0.15) is 0 Å². The number of carbonyl (C=O) groups is 2. The largest absolute Gasteiger partial charge is 0.493 e. The summed E-state index contributed by atoms with van der Waals surface area (Å²) in [5.74, 6) is 0.123. The average molecular weight is 299 g/mol. The molecular formula is C13H17NO7. The molecule has 8 nitrogen and oxygen atoms in total. The molecular weight excluding hydrogens is 282 g/mol. The standard InChI is InChI=1S/C11H13NO4.C2H4O3/c1-14-9-4-2-3-5-10(9)15-7-8-6-12-11(13)16-8;3-1-2(4)5/h2-5,8H,6-7H2,1H3,(H,12,13);3H,1H2,(H,4,5). The maximum Gasteiger partial charge on any atom is 0.407 e. The van der Waals surface area contributed by atoms with Crippen LogP contribution in [0.3, 0.4) is 0 Å². The molecule has 0 spiro atoms. The third-order valence-electron chi connectivity index (χ3n) is 2.38. The number of amides is 1. The maximum atomic E-state index is 10.8. The van der Waals surface area contributed by atoms with Gasteiger partial charge in [-0.1, -0.05) is 12.1 Å². The number of alkyl carbamates (subject to hydrolysis) is 1. The van der Waals surface area contributed by atoms with Crippen molar-refractivity contribution in [3.8, 4) is 11.5 Å². The number of hydrogen-bond acceptors (Lipinski definition) is 6. The van der Waals surface area contributed by atoms with Gasteiger partial charge in [0, 0.05) is 0 Å². The van der Waals surface area contributed by atoms with Gasteiger partial charge in [0.2, 0.25) is 0 Å². The van der Waals surface area contributed by atoms with E-state index in [2.05, 4.69) is 5.32 Å². The normalized spacial score (nSPS) is 16.1. The summed E-state index contributed by atoms with van der Waals surface area (Å²) in [4.78, 5) is 19.9. The molecule has 1 aliphatic rings. The van der Waals surface area contributed by atoms with E-state index in [4.69, 9.17) is 29.2 Å². The lowest BCUT2D eigenvalue weighted by Crippen LogP contribution is -2.22. The van der Waals surface area contributed by atoms with Crippen LogP contribution >= 0.6 is 0 Å². The Balaban J connectivity index is 0.000000383. The van der Waals surface area contributed by atoms with Crippen molar-refractivity contribution in [1.29, 1.82) is 0 Å². The van der Waals surface area contributed by atoms with Gasteiger partial charge in [0.1, 0.15) is 13.2 Å². The zero-order valence-electron chi connectivity index (χ0n) is 11.4. The molecule has 0 aliphatic carbocycles. The zero-order chi connectivity index (χ0) is 15.7. The highest BCUT2D eigenvalue weighted by Gasteiger charge is 2.23. The quantitative estimate of drug-likeness (QED) is 0.713. The molecule has 1 aliphatic heterocycles. The number of nitrogens with one attached hydrogen (secondary N) is 1. The minimum atomic E-state index is -1.19. The van der Waals surface area contributed by atoms with Crippen molar-refractivity contribution in [2.45, 2.75) is 6.10 Å². The molecule has 8 heteroatoms. The van der Waals surface area contributed by atoms with Gasteiger partial charge in [-0.05, 0) is 12.1 Å². The third kappa shape index (κ3) is 6.00.